The van der Waals surface area contributed by atoms with Gasteiger partial charge in [-0.1, -0.05) is 68.0 Å². The van der Waals surface area contributed by atoms with E-state index in [1.807, 2.05) is 25.9 Å². The Kier molecular flexibility index (Phi) is 10.4. The van der Waals surface area contributed by atoms with E-state index in [0.717, 1.165) is 30.7 Å². The van der Waals surface area contributed by atoms with Crippen LogP contribution in [0.1, 0.15) is 82.1 Å². The molecule has 0 bridgehead atoms. The molecule has 0 radical (unpaired) electrons. The van der Waals surface area contributed by atoms with Crippen molar-refractivity contribution in [3.05, 3.63) is 23.9 Å². The number of hydrogen-bond acceptors (Lipinski definition) is 4. The second-order valence-corrected chi connectivity index (χ2v) is 12.6. The molecule has 0 aromatic rings. The third kappa shape index (κ3) is 7.59. The Hall–Kier alpha value is -1.82. The number of carbonyl (C=O) groups is 2. The van der Waals surface area contributed by atoms with Crippen molar-refractivity contribution in [3.8, 4) is 0 Å². The number of hydrogen-bond donors (Lipinski definition) is 2. The lowest BCUT2D eigenvalue weighted by Gasteiger charge is -2.42. The first kappa shape index (κ1) is 30.2. The van der Waals surface area contributed by atoms with Gasteiger partial charge in [-0.05, 0) is 50.5 Å². The van der Waals surface area contributed by atoms with E-state index in [1.54, 1.807) is 0 Å². The molecule has 196 valence electrons. The van der Waals surface area contributed by atoms with E-state index in [9.17, 15) is 9.59 Å². The minimum Gasteiger partial charge on any atom is -0.370 e. The lowest BCUT2D eigenvalue weighted by Crippen LogP contribution is -2.57. The average molecular weight is 477 g/mol. The van der Waals surface area contributed by atoms with Crippen LogP contribution < -0.4 is 10.6 Å². The Bertz CT molecular complexity index is 757. The van der Waals surface area contributed by atoms with Crippen molar-refractivity contribution in [2.45, 2.75) is 106 Å². The Balaban J connectivity index is 3.20. The largest absolute Gasteiger partial charge is 0.370 e. The first-order valence-electron chi connectivity index (χ1n) is 12.8. The normalized spacial score (nSPS) is 20.2. The quantitative estimate of drug-likeness (QED) is 0.478. The molecule has 4 atom stereocenters. The molecule has 34 heavy (non-hydrogen) atoms. The average Bonchev–Trinajstić information content (AvgIpc) is 3.12. The number of carbonyl (C=O) groups excluding carboxylic acids is 2. The molecule has 0 saturated carbocycles. The number of likely N-dealkylation sites (N-methyl/N-ethyl adjacent to an activating group) is 2. The Morgan fingerprint density at radius 3 is 2.00 bits per heavy atom. The van der Waals surface area contributed by atoms with Gasteiger partial charge in [0.05, 0.1) is 12.1 Å². The van der Waals surface area contributed by atoms with E-state index >= 15 is 0 Å². The third-order valence-corrected chi connectivity index (χ3v) is 7.06. The highest BCUT2D eigenvalue weighted by Crippen LogP contribution is 2.30. The highest BCUT2D eigenvalue weighted by Gasteiger charge is 2.37. The second kappa shape index (κ2) is 11.7. The van der Waals surface area contributed by atoms with Crippen LogP contribution in [-0.2, 0) is 9.59 Å². The fourth-order valence-corrected chi connectivity index (χ4v) is 4.92. The van der Waals surface area contributed by atoms with E-state index in [0.29, 0.717) is 6.04 Å². The van der Waals surface area contributed by atoms with Crippen molar-refractivity contribution in [2.75, 3.05) is 20.6 Å². The monoisotopic (exact) mass is 476 g/mol. The van der Waals surface area contributed by atoms with E-state index in [4.69, 9.17) is 0 Å². The molecule has 1 rings (SSSR count). The third-order valence-electron chi connectivity index (χ3n) is 7.06. The van der Waals surface area contributed by atoms with Gasteiger partial charge in [0.25, 0.3) is 0 Å². The zero-order valence-corrected chi connectivity index (χ0v) is 24.0. The summed E-state index contributed by atoms with van der Waals surface area (Å²) < 4.78 is 0. The molecule has 2 N–H and O–H groups in total. The van der Waals surface area contributed by atoms with Gasteiger partial charge in [-0.25, -0.2) is 0 Å². The zero-order chi connectivity index (χ0) is 26.6. The van der Waals surface area contributed by atoms with Crippen LogP contribution in [0.15, 0.2) is 23.9 Å². The summed E-state index contributed by atoms with van der Waals surface area (Å²) in [5.41, 5.74) is 1.15. The fourth-order valence-electron chi connectivity index (χ4n) is 4.92. The van der Waals surface area contributed by atoms with Gasteiger partial charge in [0.1, 0.15) is 0 Å². The lowest BCUT2D eigenvalue weighted by atomic mass is 9.82. The summed E-state index contributed by atoms with van der Waals surface area (Å²) in [7, 11) is 3.84. The molecule has 0 aliphatic carbocycles. The summed E-state index contributed by atoms with van der Waals surface area (Å²) in [5, 5.41) is 6.45. The molecule has 2 amide bonds. The standard InChI is InChI=1S/C28H52N4O2/c1-18(2)22(17-19(3)26(34)32-16-14-15-20(32)4)31(13)21(5)23(27(6,7)8)30-25(33)24(29-12)28(9,10)11/h17-18,20,22-24,29H,5,14-16H2,1-4,6-13H3,(H,30,33)/b19-17+/t20-,22-,23-,24-/m1/s1. The minimum absolute atomic E-state index is 0.0150. The van der Waals surface area contributed by atoms with Crippen molar-refractivity contribution in [3.63, 3.8) is 0 Å². The molecule has 6 nitrogen and oxygen atoms in total. The maximum Gasteiger partial charge on any atom is 0.249 e. The minimum atomic E-state index is -0.321. The number of likely N-dealkylation sites (tertiary alicyclic amines) is 1. The molecule has 0 aromatic heterocycles. The molecule has 0 aromatic carbocycles. The maximum absolute atomic E-state index is 13.3. The van der Waals surface area contributed by atoms with E-state index in [2.05, 4.69) is 90.5 Å². The Morgan fingerprint density at radius 2 is 1.62 bits per heavy atom. The van der Waals surface area contributed by atoms with Crippen LogP contribution in [0.2, 0.25) is 0 Å². The molecule has 0 unspecified atom stereocenters. The molecule has 1 aliphatic rings. The number of nitrogens with one attached hydrogen (secondary N) is 2. The molecule has 1 fully saturated rings. The molecule has 0 spiro atoms. The zero-order valence-electron chi connectivity index (χ0n) is 24.0. The van der Waals surface area contributed by atoms with Crippen LogP contribution in [0, 0.1) is 16.7 Å². The number of amides is 2. The molecular weight excluding hydrogens is 424 g/mol. The Morgan fingerprint density at radius 1 is 1.09 bits per heavy atom. The number of nitrogens with zero attached hydrogens (tertiary/aromatic N) is 2. The first-order valence-corrected chi connectivity index (χ1v) is 12.8. The van der Waals surface area contributed by atoms with Gasteiger partial charge < -0.3 is 20.4 Å². The summed E-state index contributed by atoms with van der Waals surface area (Å²) in [4.78, 5) is 30.5. The van der Waals surface area contributed by atoms with Crippen LogP contribution in [0.4, 0.5) is 0 Å². The van der Waals surface area contributed by atoms with Crippen molar-refractivity contribution in [1.29, 1.82) is 0 Å². The van der Waals surface area contributed by atoms with Crippen LogP contribution in [-0.4, -0.2) is 66.4 Å². The maximum atomic E-state index is 13.3. The van der Waals surface area contributed by atoms with Crippen LogP contribution >= 0.6 is 0 Å². The van der Waals surface area contributed by atoms with Gasteiger partial charge in [-0.2, -0.15) is 0 Å². The van der Waals surface area contributed by atoms with E-state index in [1.165, 1.54) is 0 Å². The first-order chi connectivity index (χ1) is 15.4. The smallest absolute Gasteiger partial charge is 0.249 e. The topological polar surface area (TPSA) is 64.7 Å². The molecule has 1 aliphatic heterocycles. The predicted octanol–water partition coefficient (Wildman–Crippen LogP) is 4.58. The number of rotatable bonds is 9. The second-order valence-electron chi connectivity index (χ2n) is 12.6. The van der Waals surface area contributed by atoms with Crippen molar-refractivity contribution < 1.29 is 9.59 Å². The van der Waals surface area contributed by atoms with Crippen molar-refractivity contribution in [2.24, 2.45) is 16.7 Å². The van der Waals surface area contributed by atoms with Crippen molar-refractivity contribution >= 4 is 11.8 Å². The van der Waals surface area contributed by atoms with E-state index in [-0.39, 0.29) is 46.7 Å². The predicted molar refractivity (Wildman–Crippen MR) is 143 cm³/mol. The van der Waals surface area contributed by atoms with Crippen LogP contribution in [0.3, 0.4) is 0 Å². The molecule has 1 heterocycles. The SMILES string of the molecule is C=C([C@@H](NC(=O)[C@@H](NC)C(C)(C)C)C(C)(C)C)N(C)[C@H](/C=C(\C)C(=O)N1CCC[C@H]1C)C(C)C. The highest BCUT2D eigenvalue weighted by molar-refractivity contribution is 5.93. The summed E-state index contributed by atoms with van der Waals surface area (Å²) in [6.45, 7) is 26.1. The summed E-state index contributed by atoms with van der Waals surface area (Å²) in [5.74, 6) is 0.351. The van der Waals surface area contributed by atoms with Gasteiger partial charge in [0, 0.05) is 36.9 Å². The van der Waals surface area contributed by atoms with Gasteiger partial charge >= 0.3 is 0 Å². The molecular formula is C28H52N4O2. The van der Waals surface area contributed by atoms with E-state index < -0.39 is 0 Å². The van der Waals surface area contributed by atoms with Gasteiger partial charge in [0.15, 0.2) is 0 Å². The van der Waals surface area contributed by atoms with Gasteiger partial charge in [-0.3, -0.25) is 9.59 Å². The molecule has 6 heteroatoms. The fraction of sp³-hybridized carbons (Fsp3) is 0.786. The Labute approximate surface area is 209 Å². The summed E-state index contributed by atoms with van der Waals surface area (Å²) >= 11 is 0. The van der Waals surface area contributed by atoms with Crippen LogP contribution in [0.5, 0.6) is 0 Å². The van der Waals surface area contributed by atoms with Gasteiger partial charge in [-0.15, -0.1) is 0 Å². The summed E-state index contributed by atoms with van der Waals surface area (Å²) in [6, 6.07) is -0.297. The molecule has 1 saturated heterocycles. The van der Waals surface area contributed by atoms with Crippen LogP contribution in [0.25, 0.3) is 0 Å². The lowest BCUT2D eigenvalue weighted by molar-refractivity contribution is -0.128. The van der Waals surface area contributed by atoms with Crippen molar-refractivity contribution in [1.82, 2.24) is 20.4 Å². The van der Waals surface area contributed by atoms with Gasteiger partial charge in [0.2, 0.25) is 11.8 Å². The summed E-state index contributed by atoms with van der Waals surface area (Å²) in [6.07, 6.45) is 4.22. The highest BCUT2D eigenvalue weighted by atomic mass is 16.2.